The van der Waals surface area contributed by atoms with Crippen LogP contribution in [-0.2, 0) is 21.7 Å². The maximum atomic E-state index is 12.7. The molecule has 3 nitrogen and oxygen atoms in total. The van der Waals surface area contributed by atoms with Crippen LogP contribution in [0.2, 0.25) is 0 Å². The van der Waals surface area contributed by atoms with E-state index in [4.69, 9.17) is 4.74 Å². The zero-order valence-corrected chi connectivity index (χ0v) is 12.3. The van der Waals surface area contributed by atoms with Crippen LogP contribution in [0.3, 0.4) is 0 Å². The van der Waals surface area contributed by atoms with Crippen molar-refractivity contribution in [3.63, 3.8) is 0 Å². The molecule has 1 saturated heterocycles. The third-order valence-corrected chi connectivity index (χ3v) is 5.07. The highest BCUT2D eigenvalue weighted by Gasteiger charge is 2.44. The summed E-state index contributed by atoms with van der Waals surface area (Å²) in [6, 6.07) is 8.46. The second-order valence-electron chi connectivity index (χ2n) is 6.39. The van der Waals surface area contributed by atoms with Gasteiger partial charge in [0.2, 0.25) is 5.91 Å². The van der Waals surface area contributed by atoms with E-state index in [0.29, 0.717) is 13.2 Å². The van der Waals surface area contributed by atoms with E-state index < -0.39 is 0 Å². The highest BCUT2D eigenvalue weighted by Crippen LogP contribution is 2.43. The summed E-state index contributed by atoms with van der Waals surface area (Å²) in [6.45, 7) is 2.25. The molecule has 2 heterocycles. The molecule has 0 bridgehead atoms. The molecule has 0 saturated carbocycles. The Morgan fingerprint density at radius 1 is 1.24 bits per heavy atom. The Labute approximate surface area is 125 Å². The summed E-state index contributed by atoms with van der Waals surface area (Å²) in [4.78, 5) is 14.7. The van der Waals surface area contributed by atoms with Gasteiger partial charge < -0.3 is 9.64 Å². The van der Waals surface area contributed by atoms with E-state index in [-0.39, 0.29) is 11.5 Å². The molecule has 1 aromatic rings. The first-order chi connectivity index (χ1) is 10.3. The van der Waals surface area contributed by atoms with Crippen molar-refractivity contribution in [3.05, 3.63) is 47.0 Å². The fourth-order valence-corrected chi connectivity index (χ4v) is 3.99. The van der Waals surface area contributed by atoms with Crippen LogP contribution >= 0.6 is 0 Å². The Morgan fingerprint density at radius 2 is 2.14 bits per heavy atom. The average Bonchev–Trinajstić information content (AvgIpc) is 3.17. The van der Waals surface area contributed by atoms with Crippen molar-refractivity contribution in [1.29, 1.82) is 0 Å². The van der Waals surface area contributed by atoms with Gasteiger partial charge in [-0.3, -0.25) is 4.79 Å². The Hall–Kier alpha value is -1.61. The quantitative estimate of drug-likeness (QED) is 0.792. The number of piperidine rings is 1. The van der Waals surface area contributed by atoms with Crippen LogP contribution in [0.15, 0.2) is 35.9 Å². The molecule has 1 unspecified atom stereocenters. The molecular formula is C18H21NO2. The first kappa shape index (κ1) is 13.1. The third-order valence-electron chi connectivity index (χ3n) is 5.07. The lowest BCUT2D eigenvalue weighted by Gasteiger charge is -2.40. The zero-order valence-electron chi connectivity index (χ0n) is 12.3. The van der Waals surface area contributed by atoms with Crippen molar-refractivity contribution in [2.75, 3.05) is 13.1 Å². The molecule has 110 valence electrons. The van der Waals surface area contributed by atoms with Gasteiger partial charge in [0.15, 0.2) is 0 Å². The predicted octanol–water partition coefficient (Wildman–Crippen LogP) is 3.14. The topological polar surface area (TPSA) is 29.5 Å². The van der Waals surface area contributed by atoms with Gasteiger partial charge in [-0.2, -0.15) is 0 Å². The molecular weight excluding hydrogens is 262 g/mol. The third kappa shape index (κ3) is 2.11. The van der Waals surface area contributed by atoms with Crippen molar-refractivity contribution >= 4 is 5.91 Å². The summed E-state index contributed by atoms with van der Waals surface area (Å²) in [5, 5.41) is 0. The van der Waals surface area contributed by atoms with Crippen LogP contribution in [0.5, 0.6) is 0 Å². The monoisotopic (exact) mass is 283 g/mol. The lowest BCUT2D eigenvalue weighted by Crippen LogP contribution is -2.48. The van der Waals surface area contributed by atoms with E-state index in [2.05, 4.69) is 30.3 Å². The van der Waals surface area contributed by atoms with Crippen LogP contribution in [0.25, 0.3) is 0 Å². The van der Waals surface area contributed by atoms with Gasteiger partial charge in [0.05, 0.1) is 13.2 Å². The summed E-state index contributed by atoms with van der Waals surface area (Å²) >= 11 is 0. The van der Waals surface area contributed by atoms with Gasteiger partial charge in [-0.1, -0.05) is 30.3 Å². The summed E-state index contributed by atoms with van der Waals surface area (Å²) in [5.41, 5.74) is 3.33. The number of hydrogen-bond donors (Lipinski definition) is 0. The molecule has 1 spiro atoms. The number of ether oxygens (including phenoxy) is 1. The molecule has 1 aromatic carbocycles. The molecule has 0 aromatic heterocycles. The number of fused-ring (bicyclic) bond motifs is 2. The summed E-state index contributed by atoms with van der Waals surface area (Å²) in [6.07, 6.45) is 7.28. The second kappa shape index (κ2) is 4.99. The van der Waals surface area contributed by atoms with E-state index >= 15 is 0 Å². The predicted molar refractivity (Wildman–Crippen MR) is 80.7 cm³/mol. The number of nitrogens with zero attached hydrogens (tertiary/aromatic N) is 1. The Morgan fingerprint density at radius 3 is 3.00 bits per heavy atom. The average molecular weight is 283 g/mol. The summed E-state index contributed by atoms with van der Waals surface area (Å²) in [7, 11) is 0. The van der Waals surface area contributed by atoms with Gasteiger partial charge in [-0.05, 0) is 43.2 Å². The Kier molecular flexibility index (Phi) is 3.11. The zero-order chi connectivity index (χ0) is 14.3. The fourth-order valence-electron chi connectivity index (χ4n) is 3.99. The van der Waals surface area contributed by atoms with Gasteiger partial charge in [0.25, 0.3) is 0 Å². The van der Waals surface area contributed by atoms with E-state index in [0.717, 1.165) is 44.2 Å². The highest BCUT2D eigenvalue weighted by molar-refractivity contribution is 5.94. The summed E-state index contributed by atoms with van der Waals surface area (Å²) < 4.78 is 6.18. The molecule has 2 aliphatic heterocycles. The number of carbonyl (C=O) groups is 1. The number of hydrogen-bond acceptors (Lipinski definition) is 2. The molecule has 1 amide bonds. The molecule has 4 rings (SSSR count). The maximum absolute atomic E-state index is 12.7. The van der Waals surface area contributed by atoms with Crippen LogP contribution in [0, 0.1) is 0 Å². The minimum atomic E-state index is -0.260. The van der Waals surface area contributed by atoms with E-state index in [1.807, 2.05) is 4.90 Å². The van der Waals surface area contributed by atoms with Crippen LogP contribution in [0.4, 0.5) is 0 Å². The lowest BCUT2D eigenvalue weighted by molar-refractivity contribution is -0.139. The molecule has 0 radical (unpaired) electrons. The number of likely N-dealkylation sites (tertiary alicyclic amines) is 1. The van der Waals surface area contributed by atoms with E-state index in [9.17, 15) is 4.79 Å². The number of carbonyl (C=O) groups excluding carboxylic acids is 1. The number of rotatable bonds is 1. The number of allylic oxidation sites excluding steroid dienone is 1. The van der Waals surface area contributed by atoms with Gasteiger partial charge in [0, 0.05) is 12.1 Å². The smallest absolute Gasteiger partial charge is 0.249 e. The van der Waals surface area contributed by atoms with Crippen LogP contribution in [-0.4, -0.2) is 23.9 Å². The van der Waals surface area contributed by atoms with Crippen molar-refractivity contribution in [3.8, 4) is 0 Å². The normalized spacial score (nSPS) is 27.8. The molecule has 21 heavy (non-hydrogen) atoms. The Bertz CT molecular complexity index is 603. The van der Waals surface area contributed by atoms with Crippen molar-refractivity contribution in [2.24, 2.45) is 0 Å². The minimum absolute atomic E-state index is 0.236. The highest BCUT2D eigenvalue weighted by atomic mass is 16.5. The fraction of sp³-hybridized carbons (Fsp3) is 0.500. The molecule has 1 atom stereocenters. The van der Waals surface area contributed by atoms with Crippen molar-refractivity contribution in [2.45, 2.75) is 44.3 Å². The van der Waals surface area contributed by atoms with Crippen LogP contribution in [0.1, 0.15) is 43.2 Å². The van der Waals surface area contributed by atoms with E-state index in [1.165, 1.54) is 11.1 Å². The van der Waals surface area contributed by atoms with Crippen LogP contribution < -0.4 is 0 Å². The maximum Gasteiger partial charge on any atom is 0.249 e. The second-order valence-corrected chi connectivity index (χ2v) is 6.39. The SMILES string of the molecule is O=C(C1=CCCC1)N1CCCC2(C1)OCc1ccccc12. The van der Waals surface area contributed by atoms with Crippen molar-refractivity contribution in [1.82, 2.24) is 4.90 Å². The molecule has 3 aliphatic rings. The Balaban J connectivity index is 1.60. The summed E-state index contributed by atoms with van der Waals surface area (Å²) in [5.74, 6) is 0.236. The number of benzene rings is 1. The molecule has 1 fully saturated rings. The minimum Gasteiger partial charge on any atom is -0.364 e. The molecule has 1 aliphatic carbocycles. The lowest BCUT2D eigenvalue weighted by atomic mass is 9.85. The first-order valence-corrected chi connectivity index (χ1v) is 7.99. The molecule has 0 N–H and O–H groups in total. The first-order valence-electron chi connectivity index (χ1n) is 7.99. The van der Waals surface area contributed by atoms with Crippen molar-refractivity contribution < 1.29 is 9.53 Å². The van der Waals surface area contributed by atoms with Gasteiger partial charge in [0.1, 0.15) is 5.60 Å². The standard InChI is InChI=1S/C18H21NO2/c20-17(14-6-1-2-7-14)19-11-5-10-18(13-19)16-9-4-3-8-15(16)12-21-18/h3-4,6,8-9H,1-2,5,7,10-13H2. The van der Waals surface area contributed by atoms with Gasteiger partial charge in [-0.25, -0.2) is 0 Å². The van der Waals surface area contributed by atoms with E-state index in [1.54, 1.807) is 0 Å². The largest absolute Gasteiger partial charge is 0.364 e. The van der Waals surface area contributed by atoms with Gasteiger partial charge >= 0.3 is 0 Å². The number of amides is 1. The molecule has 3 heteroatoms. The van der Waals surface area contributed by atoms with Gasteiger partial charge in [-0.15, -0.1) is 0 Å².